The van der Waals surface area contributed by atoms with Crippen molar-refractivity contribution in [1.82, 2.24) is 4.90 Å². The third kappa shape index (κ3) is 3.61. The molecule has 1 aromatic carbocycles. The molecule has 0 aliphatic heterocycles. The van der Waals surface area contributed by atoms with Crippen molar-refractivity contribution in [2.45, 2.75) is 37.6 Å². The molecule has 0 atom stereocenters. The summed E-state index contributed by atoms with van der Waals surface area (Å²) in [7, 11) is 3.59. The van der Waals surface area contributed by atoms with Gasteiger partial charge in [0, 0.05) is 13.1 Å². The molecule has 0 bridgehead atoms. The summed E-state index contributed by atoms with van der Waals surface area (Å²) >= 11 is 0. The van der Waals surface area contributed by atoms with Gasteiger partial charge in [0.05, 0.1) is 13.7 Å². The Labute approximate surface area is 132 Å². The Bertz CT molecular complexity index is 521. The van der Waals surface area contributed by atoms with Crippen molar-refractivity contribution in [1.29, 1.82) is 0 Å². The number of likely N-dealkylation sites (N-methyl/N-ethyl adjacent to an activating group) is 1. The van der Waals surface area contributed by atoms with Crippen molar-refractivity contribution in [2.75, 3.05) is 27.4 Å². The third-order valence-electron chi connectivity index (χ3n) is 4.90. The number of ether oxygens (including phenoxy) is 2. The second kappa shape index (κ2) is 6.69. The quantitative estimate of drug-likeness (QED) is 0.777. The van der Waals surface area contributed by atoms with Crippen LogP contribution in [0.4, 0.5) is 0 Å². The van der Waals surface area contributed by atoms with E-state index >= 15 is 0 Å². The summed E-state index contributed by atoms with van der Waals surface area (Å²) in [6.45, 7) is 0.976. The number of carbonyl (C=O) groups excluding carboxylic acids is 1. The lowest BCUT2D eigenvalue weighted by atomic mass is 9.75. The smallest absolute Gasteiger partial charge is 0.248 e. The van der Waals surface area contributed by atoms with Crippen LogP contribution in [0.3, 0.4) is 0 Å². The van der Waals surface area contributed by atoms with Crippen LogP contribution < -0.4 is 4.74 Å². The summed E-state index contributed by atoms with van der Waals surface area (Å²) in [6.07, 6.45) is 4.57. The van der Waals surface area contributed by atoms with Crippen molar-refractivity contribution < 1.29 is 14.3 Å². The van der Waals surface area contributed by atoms with E-state index < -0.39 is 0 Å². The normalized spacial score (nSPS) is 23.7. The van der Waals surface area contributed by atoms with Crippen molar-refractivity contribution in [3.05, 3.63) is 29.8 Å². The van der Waals surface area contributed by atoms with Crippen molar-refractivity contribution in [3.63, 3.8) is 0 Å². The molecular formula is C18H25NO3. The van der Waals surface area contributed by atoms with Crippen LogP contribution in [-0.2, 0) is 9.53 Å². The van der Waals surface area contributed by atoms with E-state index in [4.69, 9.17) is 9.47 Å². The van der Waals surface area contributed by atoms with Crippen molar-refractivity contribution >= 4 is 5.91 Å². The summed E-state index contributed by atoms with van der Waals surface area (Å²) in [5.74, 6) is 2.25. The van der Waals surface area contributed by atoms with E-state index in [1.54, 1.807) is 7.11 Å². The van der Waals surface area contributed by atoms with Crippen LogP contribution in [0.15, 0.2) is 24.3 Å². The Morgan fingerprint density at radius 3 is 2.77 bits per heavy atom. The van der Waals surface area contributed by atoms with Gasteiger partial charge >= 0.3 is 0 Å². The molecule has 2 aliphatic rings. The number of amides is 1. The molecule has 4 nitrogen and oxygen atoms in total. The monoisotopic (exact) mass is 303 g/mol. The molecule has 0 radical (unpaired) electrons. The first-order chi connectivity index (χ1) is 10.7. The molecule has 0 spiro atoms. The van der Waals surface area contributed by atoms with E-state index in [9.17, 15) is 4.79 Å². The zero-order valence-corrected chi connectivity index (χ0v) is 13.5. The molecule has 0 unspecified atom stereocenters. The molecular weight excluding hydrogens is 278 g/mol. The Balaban J connectivity index is 1.43. The van der Waals surface area contributed by atoms with Crippen LogP contribution >= 0.6 is 0 Å². The molecule has 0 heterocycles. The number of hydrogen-bond acceptors (Lipinski definition) is 3. The molecule has 0 aromatic heterocycles. The van der Waals surface area contributed by atoms with E-state index in [0.29, 0.717) is 17.9 Å². The van der Waals surface area contributed by atoms with Crippen LogP contribution in [0.5, 0.6) is 5.75 Å². The Kier molecular flexibility index (Phi) is 4.67. The largest absolute Gasteiger partial charge is 0.497 e. The maximum Gasteiger partial charge on any atom is 0.248 e. The number of benzene rings is 1. The van der Waals surface area contributed by atoms with E-state index in [0.717, 1.165) is 25.2 Å². The first-order valence-electron chi connectivity index (χ1n) is 8.14. The minimum Gasteiger partial charge on any atom is -0.497 e. The molecule has 0 saturated heterocycles. The zero-order chi connectivity index (χ0) is 15.5. The Morgan fingerprint density at radius 1 is 1.32 bits per heavy atom. The van der Waals surface area contributed by atoms with Gasteiger partial charge in [0.1, 0.15) is 12.4 Å². The number of carbonyl (C=O) groups is 1. The van der Waals surface area contributed by atoms with Crippen LogP contribution in [0.2, 0.25) is 0 Å². The second-order valence-corrected chi connectivity index (χ2v) is 6.56. The highest BCUT2D eigenvalue weighted by Crippen LogP contribution is 2.40. The van der Waals surface area contributed by atoms with E-state index in [1.807, 2.05) is 24.1 Å². The molecule has 22 heavy (non-hydrogen) atoms. The number of methoxy groups -OCH3 is 1. The lowest BCUT2D eigenvalue weighted by Gasteiger charge is -2.41. The van der Waals surface area contributed by atoms with Gasteiger partial charge in [-0.2, -0.15) is 0 Å². The summed E-state index contributed by atoms with van der Waals surface area (Å²) in [5, 5.41) is 0. The van der Waals surface area contributed by atoms with Crippen LogP contribution in [-0.4, -0.2) is 44.2 Å². The van der Waals surface area contributed by atoms with Gasteiger partial charge in [0.2, 0.25) is 5.91 Å². The highest BCUT2D eigenvalue weighted by Gasteiger charge is 2.35. The number of nitrogens with zero attached hydrogens (tertiary/aromatic N) is 1. The molecule has 4 heteroatoms. The molecule has 1 aromatic rings. The van der Waals surface area contributed by atoms with E-state index in [1.165, 1.54) is 18.4 Å². The minimum atomic E-state index is 0.106. The predicted octanol–water partition coefficient (Wildman–Crippen LogP) is 2.83. The average molecular weight is 303 g/mol. The maximum atomic E-state index is 12.1. The maximum absolute atomic E-state index is 12.1. The van der Waals surface area contributed by atoms with Crippen molar-refractivity contribution in [3.8, 4) is 5.75 Å². The Morgan fingerprint density at radius 2 is 2.09 bits per heavy atom. The molecule has 0 N–H and O–H groups in total. The van der Waals surface area contributed by atoms with E-state index in [-0.39, 0.29) is 12.5 Å². The highest BCUT2D eigenvalue weighted by atomic mass is 16.5. The third-order valence-corrected chi connectivity index (χ3v) is 4.90. The van der Waals surface area contributed by atoms with Gasteiger partial charge in [-0.15, -0.1) is 0 Å². The lowest BCUT2D eigenvalue weighted by Crippen LogP contribution is -2.46. The minimum absolute atomic E-state index is 0.106. The molecule has 1 amide bonds. The summed E-state index contributed by atoms with van der Waals surface area (Å²) in [4.78, 5) is 14.0. The lowest BCUT2D eigenvalue weighted by molar-refractivity contribution is -0.138. The summed E-state index contributed by atoms with van der Waals surface area (Å²) in [5.41, 5.74) is 1.31. The van der Waals surface area contributed by atoms with Gasteiger partial charge in [0.25, 0.3) is 0 Å². The molecule has 2 fully saturated rings. The second-order valence-electron chi connectivity index (χ2n) is 6.56. The molecule has 2 saturated carbocycles. The molecule has 3 rings (SSSR count). The zero-order valence-electron chi connectivity index (χ0n) is 13.5. The fourth-order valence-electron chi connectivity index (χ4n) is 2.97. The average Bonchev–Trinajstić information content (AvgIpc) is 3.30. The van der Waals surface area contributed by atoms with Crippen LogP contribution in [0.1, 0.15) is 37.2 Å². The van der Waals surface area contributed by atoms with Crippen LogP contribution in [0.25, 0.3) is 0 Å². The topological polar surface area (TPSA) is 38.8 Å². The van der Waals surface area contributed by atoms with Gasteiger partial charge in [-0.25, -0.2) is 0 Å². The SMILES string of the molecule is COc1cccc(C2CC(N(C)C(=O)COCC3CC3)C2)c1. The van der Waals surface area contributed by atoms with Gasteiger partial charge < -0.3 is 14.4 Å². The van der Waals surface area contributed by atoms with Crippen LogP contribution in [0, 0.1) is 5.92 Å². The first-order valence-corrected chi connectivity index (χ1v) is 8.14. The van der Waals surface area contributed by atoms with Gasteiger partial charge in [-0.3, -0.25) is 4.79 Å². The highest BCUT2D eigenvalue weighted by molar-refractivity contribution is 5.77. The fourth-order valence-corrected chi connectivity index (χ4v) is 2.97. The predicted molar refractivity (Wildman–Crippen MR) is 85.1 cm³/mol. The summed E-state index contributed by atoms with van der Waals surface area (Å²) < 4.78 is 10.8. The van der Waals surface area contributed by atoms with Crippen molar-refractivity contribution in [2.24, 2.45) is 5.92 Å². The number of rotatable bonds is 7. The number of hydrogen-bond donors (Lipinski definition) is 0. The molecule has 2 aliphatic carbocycles. The van der Waals surface area contributed by atoms with Gasteiger partial charge in [-0.1, -0.05) is 12.1 Å². The fraction of sp³-hybridized carbons (Fsp3) is 0.611. The summed E-state index contributed by atoms with van der Waals surface area (Å²) in [6, 6.07) is 8.58. The van der Waals surface area contributed by atoms with Gasteiger partial charge in [0.15, 0.2) is 0 Å². The van der Waals surface area contributed by atoms with Gasteiger partial charge in [-0.05, 0) is 55.2 Å². The Hall–Kier alpha value is -1.55. The molecule has 120 valence electrons. The first kappa shape index (κ1) is 15.3. The standard InChI is InChI=1S/C18H25NO3/c1-19(18(20)12-22-11-13-6-7-13)16-8-15(9-16)14-4-3-5-17(10-14)21-2/h3-5,10,13,15-16H,6-9,11-12H2,1-2H3. The van der Waals surface area contributed by atoms with E-state index in [2.05, 4.69) is 12.1 Å².